The second kappa shape index (κ2) is 5.52. The van der Waals surface area contributed by atoms with E-state index in [9.17, 15) is 0 Å². The minimum absolute atomic E-state index is 0. The standard InChI is InChI=1S/C12H18N2.H2S/c1-9-10(2)14-6-4-12(9)7-11-3-5-13-8-11;/h4,6,11,13H,3,5,7-8H2,1-2H3;1H2. The van der Waals surface area contributed by atoms with Crippen LogP contribution in [-0.4, -0.2) is 18.1 Å². The van der Waals surface area contributed by atoms with Crippen LogP contribution in [0.2, 0.25) is 0 Å². The van der Waals surface area contributed by atoms with Crippen molar-refractivity contribution < 1.29 is 0 Å². The van der Waals surface area contributed by atoms with Crippen molar-refractivity contribution in [3.63, 3.8) is 0 Å². The van der Waals surface area contributed by atoms with E-state index in [0.717, 1.165) is 5.92 Å². The molecule has 1 unspecified atom stereocenters. The molecule has 0 aliphatic carbocycles. The van der Waals surface area contributed by atoms with Crippen molar-refractivity contribution in [1.82, 2.24) is 10.3 Å². The Kier molecular flexibility index (Phi) is 4.61. The molecule has 1 atom stereocenters. The zero-order chi connectivity index (χ0) is 9.97. The Hall–Kier alpha value is -0.540. The molecule has 84 valence electrons. The molecule has 0 saturated carbocycles. The first kappa shape index (κ1) is 12.5. The Balaban J connectivity index is 0.00000112. The van der Waals surface area contributed by atoms with Crippen LogP contribution in [0.4, 0.5) is 0 Å². The Labute approximate surface area is 98.9 Å². The molecule has 0 bridgehead atoms. The molecule has 1 aromatic rings. The first-order valence-electron chi connectivity index (χ1n) is 5.39. The van der Waals surface area contributed by atoms with E-state index in [0.29, 0.717) is 0 Å². The third-order valence-corrected chi connectivity index (χ3v) is 3.24. The fraction of sp³-hybridized carbons (Fsp3) is 0.583. The van der Waals surface area contributed by atoms with Crippen LogP contribution in [-0.2, 0) is 6.42 Å². The van der Waals surface area contributed by atoms with Crippen LogP contribution in [0.15, 0.2) is 12.3 Å². The van der Waals surface area contributed by atoms with Crippen LogP contribution >= 0.6 is 13.5 Å². The Morgan fingerprint density at radius 2 is 2.27 bits per heavy atom. The lowest BCUT2D eigenvalue weighted by atomic mass is 9.95. The first-order chi connectivity index (χ1) is 6.77. The van der Waals surface area contributed by atoms with Crippen molar-refractivity contribution >= 4 is 13.5 Å². The SMILES string of the molecule is Cc1nccc(CC2CCNC2)c1C.S. The molecule has 15 heavy (non-hydrogen) atoms. The maximum atomic E-state index is 4.30. The lowest BCUT2D eigenvalue weighted by Crippen LogP contribution is -2.11. The molecule has 0 radical (unpaired) electrons. The van der Waals surface area contributed by atoms with Crippen molar-refractivity contribution in [2.45, 2.75) is 26.7 Å². The van der Waals surface area contributed by atoms with E-state index in [1.807, 2.05) is 6.20 Å². The summed E-state index contributed by atoms with van der Waals surface area (Å²) in [5, 5.41) is 3.41. The van der Waals surface area contributed by atoms with Gasteiger partial charge in [-0.2, -0.15) is 13.5 Å². The van der Waals surface area contributed by atoms with Gasteiger partial charge in [0, 0.05) is 11.9 Å². The first-order valence-corrected chi connectivity index (χ1v) is 5.39. The number of hydrogen-bond donors (Lipinski definition) is 1. The zero-order valence-corrected chi connectivity index (χ0v) is 10.5. The fourth-order valence-corrected chi connectivity index (χ4v) is 2.11. The van der Waals surface area contributed by atoms with Gasteiger partial charge in [0.1, 0.15) is 0 Å². The van der Waals surface area contributed by atoms with Crippen LogP contribution in [0, 0.1) is 19.8 Å². The summed E-state index contributed by atoms with van der Waals surface area (Å²) in [5.74, 6) is 0.829. The molecule has 1 aromatic heterocycles. The number of nitrogens with zero attached hydrogens (tertiary/aromatic N) is 1. The van der Waals surface area contributed by atoms with Crippen LogP contribution in [0.25, 0.3) is 0 Å². The number of aryl methyl sites for hydroxylation is 1. The van der Waals surface area contributed by atoms with Gasteiger partial charge in [0.25, 0.3) is 0 Å². The van der Waals surface area contributed by atoms with Crippen molar-refractivity contribution in [2.75, 3.05) is 13.1 Å². The highest BCUT2D eigenvalue weighted by Gasteiger charge is 2.15. The van der Waals surface area contributed by atoms with E-state index < -0.39 is 0 Å². The summed E-state index contributed by atoms with van der Waals surface area (Å²) in [6.07, 6.45) is 4.46. The zero-order valence-electron chi connectivity index (χ0n) is 9.51. The summed E-state index contributed by atoms with van der Waals surface area (Å²) in [7, 11) is 0. The van der Waals surface area contributed by atoms with Gasteiger partial charge in [-0.3, -0.25) is 4.98 Å². The smallest absolute Gasteiger partial charge is 0.0404 e. The summed E-state index contributed by atoms with van der Waals surface area (Å²) in [6.45, 7) is 6.64. The predicted molar refractivity (Wildman–Crippen MR) is 68.8 cm³/mol. The number of hydrogen-bond acceptors (Lipinski definition) is 2. The van der Waals surface area contributed by atoms with Gasteiger partial charge in [-0.15, -0.1) is 0 Å². The molecule has 1 aliphatic rings. The minimum atomic E-state index is 0. The van der Waals surface area contributed by atoms with E-state index in [-0.39, 0.29) is 13.5 Å². The molecule has 1 N–H and O–H groups in total. The number of pyridine rings is 1. The Morgan fingerprint density at radius 1 is 1.47 bits per heavy atom. The molecule has 2 rings (SSSR count). The molecule has 2 nitrogen and oxygen atoms in total. The normalized spacial score (nSPS) is 20.0. The second-order valence-electron chi connectivity index (χ2n) is 4.24. The highest BCUT2D eigenvalue weighted by Crippen LogP contribution is 2.18. The summed E-state index contributed by atoms with van der Waals surface area (Å²) < 4.78 is 0. The largest absolute Gasteiger partial charge is 0.316 e. The van der Waals surface area contributed by atoms with Crippen LogP contribution in [0.5, 0.6) is 0 Å². The highest BCUT2D eigenvalue weighted by molar-refractivity contribution is 7.59. The Morgan fingerprint density at radius 3 is 2.93 bits per heavy atom. The molecule has 1 saturated heterocycles. The van der Waals surface area contributed by atoms with Gasteiger partial charge < -0.3 is 5.32 Å². The van der Waals surface area contributed by atoms with Crippen molar-refractivity contribution in [3.8, 4) is 0 Å². The lowest BCUT2D eigenvalue weighted by molar-refractivity contribution is 0.578. The maximum Gasteiger partial charge on any atom is 0.0404 e. The third-order valence-electron chi connectivity index (χ3n) is 3.24. The van der Waals surface area contributed by atoms with Crippen molar-refractivity contribution in [1.29, 1.82) is 0 Å². The van der Waals surface area contributed by atoms with Gasteiger partial charge in [-0.25, -0.2) is 0 Å². The van der Waals surface area contributed by atoms with Crippen molar-refractivity contribution in [3.05, 3.63) is 29.1 Å². The summed E-state index contributed by atoms with van der Waals surface area (Å²) in [4.78, 5) is 4.30. The molecule has 1 fully saturated rings. The minimum Gasteiger partial charge on any atom is -0.316 e. The average Bonchev–Trinajstić information content (AvgIpc) is 2.66. The second-order valence-corrected chi connectivity index (χ2v) is 4.24. The Bertz CT molecular complexity index is 319. The number of nitrogens with one attached hydrogen (secondary N) is 1. The van der Waals surface area contributed by atoms with Gasteiger partial charge in [0.2, 0.25) is 0 Å². The monoisotopic (exact) mass is 224 g/mol. The van der Waals surface area contributed by atoms with Gasteiger partial charge in [0.05, 0.1) is 0 Å². The predicted octanol–water partition coefficient (Wildman–Crippen LogP) is 1.96. The van der Waals surface area contributed by atoms with Crippen LogP contribution in [0.3, 0.4) is 0 Å². The van der Waals surface area contributed by atoms with E-state index in [1.54, 1.807) is 0 Å². The molecule has 3 heteroatoms. The van der Waals surface area contributed by atoms with Gasteiger partial charge in [0.15, 0.2) is 0 Å². The molecule has 2 heterocycles. The molecule has 0 aromatic carbocycles. The van der Waals surface area contributed by atoms with Crippen molar-refractivity contribution in [2.24, 2.45) is 5.92 Å². The molecular weight excluding hydrogens is 204 g/mol. The van der Waals surface area contributed by atoms with Gasteiger partial charge in [-0.05, 0) is 62.9 Å². The summed E-state index contributed by atoms with van der Waals surface area (Å²) >= 11 is 0. The van der Waals surface area contributed by atoms with Crippen LogP contribution in [0.1, 0.15) is 23.2 Å². The van der Waals surface area contributed by atoms with E-state index in [1.165, 1.54) is 42.8 Å². The lowest BCUT2D eigenvalue weighted by Gasteiger charge is -2.11. The highest BCUT2D eigenvalue weighted by atomic mass is 32.1. The molecule has 0 spiro atoms. The number of aromatic nitrogens is 1. The van der Waals surface area contributed by atoms with E-state index in [2.05, 4.69) is 30.2 Å². The topological polar surface area (TPSA) is 24.9 Å². The van der Waals surface area contributed by atoms with Crippen LogP contribution < -0.4 is 5.32 Å². The van der Waals surface area contributed by atoms with E-state index >= 15 is 0 Å². The maximum absolute atomic E-state index is 4.30. The average molecular weight is 224 g/mol. The van der Waals surface area contributed by atoms with Gasteiger partial charge >= 0.3 is 0 Å². The summed E-state index contributed by atoms with van der Waals surface area (Å²) in [5.41, 5.74) is 4.03. The van der Waals surface area contributed by atoms with E-state index in [4.69, 9.17) is 0 Å². The molecule has 1 aliphatic heterocycles. The third kappa shape index (κ3) is 2.95. The molecule has 0 amide bonds. The number of rotatable bonds is 2. The fourth-order valence-electron chi connectivity index (χ4n) is 2.11. The quantitative estimate of drug-likeness (QED) is 0.830. The molecular formula is C12H20N2S. The van der Waals surface area contributed by atoms with Gasteiger partial charge in [-0.1, -0.05) is 0 Å². The summed E-state index contributed by atoms with van der Waals surface area (Å²) in [6, 6.07) is 2.17.